The van der Waals surface area contributed by atoms with Gasteiger partial charge in [-0.05, 0) is 38.5 Å². The second kappa shape index (κ2) is 6.46. The van der Waals surface area contributed by atoms with Crippen LogP contribution in [0.5, 0.6) is 0 Å². The summed E-state index contributed by atoms with van der Waals surface area (Å²) < 4.78 is 12.0. The first-order chi connectivity index (χ1) is 10.8. The standard InChI is InChI=1S/C17H28N2O3/c20-16(18-8-1-2-9-18)12-22-15-7-6-14-17(15)21-11-10-19(14)13-4-3-5-13/h13-15,17H,1-12H2/t14-,15+,17+/m0/s1. The first-order valence-electron chi connectivity index (χ1n) is 9.09. The molecule has 2 aliphatic heterocycles. The summed E-state index contributed by atoms with van der Waals surface area (Å²) in [5.74, 6) is 0.160. The number of hydrogen-bond acceptors (Lipinski definition) is 4. The van der Waals surface area contributed by atoms with Crippen molar-refractivity contribution < 1.29 is 14.3 Å². The molecule has 0 unspecified atom stereocenters. The molecule has 0 spiro atoms. The molecular weight excluding hydrogens is 280 g/mol. The molecule has 0 bridgehead atoms. The number of morpholine rings is 1. The van der Waals surface area contributed by atoms with E-state index in [0.29, 0.717) is 6.04 Å². The molecule has 5 heteroatoms. The summed E-state index contributed by atoms with van der Waals surface area (Å²) in [5, 5.41) is 0. The van der Waals surface area contributed by atoms with E-state index in [1.807, 2.05) is 4.90 Å². The molecule has 0 aromatic rings. The normalized spacial score (nSPS) is 36.4. The molecule has 2 heterocycles. The third kappa shape index (κ3) is 2.79. The fourth-order valence-corrected chi connectivity index (χ4v) is 4.53. The Morgan fingerprint density at radius 1 is 1.05 bits per heavy atom. The summed E-state index contributed by atoms with van der Waals surface area (Å²) in [6.45, 7) is 3.94. The van der Waals surface area contributed by atoms with Crippen LogP contribution in [0.4, 0.5) is 0 Å². The van der Waals surface area contributed by atoms with E-state index < -0.39 is 0 Å². The highest BCUT2D eigenvalue weighted by molar-refractivity contribution is 5.77. The zero-order valence-corrected chi connectivity index (χ0v) is 13.4. The number of fused-ring (bicyclic) bond motifs is 1. The maximum absolute atomic E-state index is 12.1. The molecule has 0 radical (unpaired) electrons. The van der Waals surface area contributed by atoms with Gasteiger partial charge in [0.15, 0.2) is 0 Å². The van der Waals surface area contributed by atoms with Gasteiger partial charge in [0.05, 0.1) is 18.8 Å². The van der Waals surface area contributed by atoms with Crippen LogP contribution in [-0.2, 0) is 14.3 Å². The third-order valence-electron chi connectivity index (χ3n) is 6.00. The Labute approximate surface area is 132 Å². The van der Waals surface area contributed by atoms with Gasteiger partial charge in [0.2, 0.25) is 5.91 Å². The summed E-state index contributed by atoms with van der Waals surface area (Å²) in [6, 6.07) is 1.30. The van der Waals surface area contributed by atoms with Crippen molar-refractivity contribution in [3.05, 3.63) is 0 Å². The minimum atomic E-state index is 0.111. The predicted octanol–water partition coefficient (Wildman–Crippen LogP) is 1.41. The van der Waals surface area contributed by atoms with Crippen LogP contribution in [-0.4, -0.2) is 72.8 Å². The zero-order valence-electron chi connectivity index (χ0n) is 13.4. The Balaban J connectivity index is 1.30. The number of hydrogen-bond donors (Lipinski definition) is 0. The molecule has 2 saturated carbocycles. The van der Waals surface area contributed by atoms with Crippen LogP contribution in [0.15, 0.2) is 0 Å². The second-order valence-corrected chi connectivity index (χ2v) is 7.24. The fraction of sp³-hybridized carbons (Fsp3) is 0.941. The number of carbonyl (C=O) groups is 1. The summed E-state index contributed by atoms with van der Waals surface area (Å²) >= 11 is 0. The predicted molar refractivity (Wildman–Crippen MR) is 82.7 cm³/mol. The summed E-state index contributed by atoms with van der Waals surface area (Å²) in [6.07, 6.45) is 8.84. The summed E-state index contributed by atoms with van der Waals surface area (Å²) in [5.41, 5.74) is 0. The number of nitrogens with zero attached hydrogens (tertiary/aromatic N) is 2. The van der Waals surface area contributed by atoms with E-state index in [0.717, 1.165) is 58.0 Å². The molecule has 4 fully saturated rings. The molecule has 4 aliphatic rings. The number of rotatable bonds is 4. The SMILES string of the molecule is O=C(CO[C@@H]1CC[C@H]2[C@H]1OCCN2C1CCC1)N1CCCC1. The summed E-state index contributed by atoms with van der Waals surface area (Å²) in [4.78, 5) is 16.7. The van der Waals surface area contributed by atoms with Crippen LogP contribution in [0.3, 0.4) is 0 Å². The molecule has 5 nitrogen and oxygen atoms in total. The monoisotopic (exact) mass is 308 g/mol. The van der Waals surface area contributed by atoms with E-state index in [4.69, 9.17) is 9.47 Å². The first kappa shape index (κ1) is 14.9. The topological polar surface area (TPSA) is 42.0 Å². The van der Waals surface area contributed by atoms with Gasteiger partial charge in [-0.1, -0.05) is 6.42 Å². The lowest BCUT2D eigenvalue weighted by atomic mass is 9.89. The van der Waals surface area contributed by atoms with Gasteiger partial charge in [0.1, 0.15) is 6.61 Å². The number of ether oxygens (including phenoxy) is 2. The smallest absolute Gasteiger partial charge is 0.248 e. The Kier molecular flexibility index (Phi) is 4.38. The van der Waals surface area contributed by atoms with E-state index in [9.17, 15) is 4.79 Å². The molecular formula is C17H28N2O3. The van der Waals surface area contributed by atoms with Crippen molar-refractivity contribution in [2.75, 3.05) is 32.8 Å². The quantitative estimate of drug-likeness (QED) is 0.787. The molecule has 2 saturated heterocycles. The second-order valence-electron chi connectivity index (χ2n) is 7.24. The molecule has 4 rings (SSSR count). The highest BCUT2D eigenvalue weighted by atomic mass is 16.5. The molecule has 2 aliphatic carbocycles. The van der Waals surface area contributed by atoms with E-state index in [1.165, 1.54) is 19.3 Å². The largest absolute Gasteiger partial charge is 0.373 e. The van der Waals surface area contributed by atoms with Gasteiger partial charge in [-0.25, -0.2) is 0 Å². The summed E-state index contributed by atoms with van der Waals surface area (Å²) in [7, 11) is 0. The van der Waals surface area contributed by atoms with Crippen LogP contribution in [0.2, 0.25) is 0 Å². The highest BCUT2D eigenvalue weighted by Crippen LogP contribution is 2.37. The Morgan fingerprint density at radius 2 is 1.86 bits per heavy atom. The molecule has 1 amide bonds. The minimum Gasteiger partial charge on any atom is -0.373 e. The van der Waals surface area contributed by atoms with Crippen molar-refractivity contribution in [2.45, 2.75) is 69.2 Å². The lowest BCUT2D eigenvalue weighted by molar-refractivity contribution is -0.148. The number of amides is 1. The van der Waals surface area contributed by atoms with E-state index in [2.05, 4.69) is 4.90 Å². The maximum atomic E-state index is 12.1. The minimum absolute atomic E-state index is 0.111. The molecule has 3 atom stereocenters. The zero-order chi connectivity index (χ0) is 14.9. The third-order valence-corrected chi connectivity index (χ3v) is 6.00. The van der Waals surface area contributed by atoms with Crippen molar-refractivity contribution >= 4 is 5.91 Å². The molecule has 124 valence electrons. The average Bonchev–Trinajstić information content (AvgIpc) is 3.13. The number of carbonyl (C=O) groups excluding carboxylic acids is 1. The lowest BCUT2D eigenvalue weighted by Gasteiger charge is -2.46. The van der Waals surface area contributed by atoms with Gasteiger partial charge in [-0.15, -0.1) is 0 Å². The molecule has 0 N–H and O–H groups in total. The first-order valence-corrected chi connectivity index (χ1v) is 9.09. The Morgan fingerprint density at radius 3 is 2.59 bits per heavy atom. The molecule has 22 heavy (non-hydrogen) atoms. The molecule has 0 aromatic carbocycles. The van der Waals surface area contributed by atoms with Crippen LogP contribution in [0.1, 0.15) is 44.9 Å². The van der Waals surface area contributed by atoms with Crippen LogP contribution in [0.25, 0.3) is 0 Å². The Bertz CT molecular complexity index is 407. The van der Waals surface area contributed by atoms with Crippen molar-refractivity contribution in [3.63, 3.8) is 0 Å². The lowest BCUT2D eigenvalue weighted by Crippen LogP contribution is -2.57. The van der Waals surface area contributed by atoms with Crippen molar-refractivity contribution in [3.8, 4) is 0 Å². The Hall–Kier alpha value is -0.650. The molecule has 0 aromatic heterocycles. The van der Waals surface area contributed by atoms with E-state index in [-0.39, 0.29) is 24.7 Å². The highest BCUT2D eigenvalue weighted by Gasteiger charge is 2.46. The maximum Gasteiger partial charge on any atom is 0.248 e. The van der Waals surface area contributed by atoms with Gasteiger partial charge in [-0.2, -0.15) is 0 Å². The number of likely N-dealkylation sites (tertiary alicyclic amines) is 1. The van der Waals surface area contributed by atoms with Gasteiger partial charge < -0.3 is 14.4 Å². The van der Waals surface area contributed by atoms with E-state index in [1.54, 1.807) is 0 Å². The van der Waals surface area contributed by atoms with Gasteiger partial charge >= 0.3 is 0 Å². The van der Waals surface area contributed by atoms with Gasteiger partial charge in [-0.3, -0.25) is 9.69 Å². The van der Waals surface area contributed by atoms with Crippen molar-refractivity contribution in [1.82, 2.24) is 9.80 Å². The van der Waals surface area contributed by atoms with Gasteiger partial charge in [0, 0.05) is 31.7 Å². The van der Waals surface area contributed by atoms with Gasteiger partial charge in [0.25, 0.3) is 0 Å². The van der Waals surface area contributed by atoms with Crippen LogP contribution in [0, 0.1) is 0 Å². The van der Waals surface area contributed by atoms with Crippen LogP contribution < -0.4 is 0 Å². The fourth-order valence-electron chi connectivity index (χ4n) is 4.53. The van der Waals surface area contributed by atoms with E-state index >= 15 is 0 Å². The van der Waals surface area contributed by atoms with Crippen molar-refractivity contribution in [2.24, 2.45) is 0 Å². The average molecular weight is 308 g/mol. The van der Waals surface area contributed by atoms with Crippen LogP contribution >= 0.6 is 0 Å². The van der Waals surface area contributed by atoms with Crippen molar-refractivity contribution in [1.29, 1.82) is 0 Å².